The van der Waals surface area contributed by atoms with Crippen molar-refractivity contribution in [2.45, 2.75) is 39.2 Å². The Labute approximate surface area is 107 Å². The monoisotopic (exact) mass is 249 g/mol. The van der Waals surface area contributed by atoms with Crippen LogP contribution >= 0.6 is 0 Å². The Balaban J connectivity index is 2.15. The third kappa shape index (κ3) is 2.42. The Bertz CT molecular complexity index is 468. The summed E-state index contributed by atoms with van der Waals surface area (Å²) in [6.45, 7) is 4.26. The van der Waals surface area contributed by atoms with Crippen molar-refractivity contribution in [3.05, 3.63) is 23.8 Å². The molecule has 18 heavy (non-hydrogen) atoms. The summed E-state index contributed by atoms with van der Waals surface area (Å²) in [6.07, 6.45) is 3.15. The molecule has 1 aromatic rings. The largest absolute Gasteiger partial charge is 0.508 e. The van der Waals surface area contributed by atoms with Gasteiger partial charge in [0.05, 0.1) is 5.56 Å². The van der Waals surface area contributed by atoms with Crippen molar-refractivity contribution in [1.29, 1.82) is 0 Å². The van der Waals surface area contributed by atoms with Crippen LogP contribution in [0.15, 0.2) is 18.2 Å². The molecule has 1 unspecified atom stereocenters. The number of nitrogens with one attached hydrogen (secondary N) is 1. The molecule has 1 aromatic carbocycles. The van der Waals surface area contributed by atoms with E-state index in [0.717, 1.165) is 19.3 Å². The molecule has 2 rings (SSSR count). The molecule has 3 N–H and O–H groups in total. The number of hydrogen-bond acceptors (Lipinski definition) is 3. The van der Waals surface area contributed by atoms with Gasteiger partial charge in [0.15, 0.2) is 0 Å². The molecule has 4 heteroatoms. The highest BCUT2D eigenvalue weighted by Crippen LogP contribution is 2.37. The van der Waals surface area contributed by atoms with E-state index in [9.17, 15) is 15.0 Å². The number of rotatable bonds is 2. The van der Waals surface area contributed by atoms with Gasteiger partial charge < -0.3 is 15.5 Å². The maximum atomic E-state index is 12.1. The molecule has 0 aliphatic heterocycles. The molecule has 1 amide bonds. The summed E-state index contributed by atoms with van der Waals surface area (Å²) in [4.78, 5) is 12.1. The fraction of sp³-hybridized carbons (Fsp3) is 0.500. The van der Waals surface area contributed by atoms with Crippen LogP contribution in [0.5, 0.6) is 11.5 Å². The molecular formula is C14H19NO3. The summed E-state index contributed by atoms with van der Waals surface area (Å²) in [7, 11) is 0. The van der Waals surface area contributed by atoms with Gasteiger partial charge in [-0.25, -0.2) is 0 Å². The number of benzene rings is 1. The molecule has 0 heterocycles. The van der Waals surface area contributed by atoms with Crippen molar-refractivity contribution in [3.8, 4) is 11.5 Å². The molecule has 4 nitrogen and oxygen atoms in total. The second kappa shape index (κ2) is 4.52. The molecule has 0 radical (unpaired) electrons. The van der Waals surface area contributed by atoms with Gasteiger partial charge in [0.1, 0.15) is 11.5 Å². The van der Waals surface area contributed by atoms with Crippen LogP contribution in [-0.4, -0.2) is 22.2 Å². The molecule has 1 aliphatic carbocycles. The van der Waals surface area contributed by atoms with Crippen LogP contribution in [0.4, 0.5) is 0 Å². The number of carbonyl (C=O) groups excluding carboxylic acids is 1. The summed E-state index contributed by atoms with van der Waals surface area (Å²) >= 11 is 0. The van der Waals surface area contributed by atoms with Crippen molar-refractivity contribution in [1.82, 2.24) is 5.32 Å². The first kappa shape index (κ1) is 12.7. The van der Waals surface area contributed by atoms with E-state index in [0.29, 0.717) is 0 Å². The summed E-state index contributed by atoms with van der Waals surface area (Å²) < 4.78 is 0. The molecule has 0 bridgehead atoms. The highest BCUT2D eigenvalue weighted by molar-refractivity contribution is 5.97. The fourth-order valence-corrected chi connectivity index (χ4v) is 2.54. The van der Waals surface area contributed by atoms with E-state index in [2.05, 4.69) is 19.2 Å². The van der Waals surface area contributed by atoms with Crippen LogP contribution < -0.4 is 5.32 Å². The van der Waals surface area contributed by atoms with Crippen molar-refractivity contribution < 1.29 is 15.0 Å². The Morgan fingerprint density at radius 3 is 2.72 bits per heavy atom. The first-order valence-electron chi connectivity index (χ1n) is 6.23. The minimum Gasteiger partial charge on any atom is -0.508 e. The average molecular weight is 249 g/mol. The summed E-state index contributed by atoms with van der Waals surface area (Å²) in [6, 6.07) is 4.08. The normalized spacial score (nSPS) is 21.8. The summed E-state index contributed by atoms with van der Waals surface area (Å²) in [5.74, 6) is -0.465. The van der Waals surface area contributed by atoms with Crippen LogP contribution in [0.2, 0.25) is 0 Å². The first-order chi connectivity index (χ1) is 8.40. The average Bonchev–Trinajstić information content (AvgIpc) is 2.62. The second-order valence-corrected chi connectivity index (χ2v) is 5.61. The minimum absolute atomic E-state index is 0.0244. The lowest BCUT2D eigenvalue weighted by Gasteiger charge is -2.27. The maximum Gasteiger partial charge on any atom is 0.255 e. The molecule has 0 saturated heterocycles. The van der Waals surface area contributed by atoms with Gasteiger partial charge in [0.2, 0.25) is 0 Å². The topological polar surface area (TPSA) is 69.6 Å². The van der Waals surface area contributed by atoms with Gasteiger partial charge in [-0.1, -0.05) is 20.3 Å². The number of hydrogen-bond donors (Lipinski definition) is 3. The van der Waals surface area contributed by atoms with Crippen LogP contribution in [0, 0.1) is 5.41 Å². The van der Waals surface area contributed by atoms with Gasteiger partial charge in [-0.3, -0.25) is 4.79 Å². The van der Waals surface area contributed by atoms with Crippen LogP contribution in [-0.2, 0) is 0 Å². The van der Waals surface area contributed by atoms with Crippen molar-refractivity contribution in [3.63, 3.8) is 0 Å². The minimum atomic E-state index is -0.330. The summed E-state index contributed by atoms with van der Waals surface area (Å²) in [5, 5.41) is 21.9. The van der Waals surface area contributed by atoms with E-state index in [1.165, 1.54) is 18.2 Å². The highest BCUT2D eigenvalue weighted by atomic mass is 16.3. The van der Waals surface area contributed by atoms with Crippen LogP contribution in [0.1, 0.15) is 43.5 Å². The molecular weight excluding hydrogens is 230 g/mol. The van der Waals surface area contributed by atoms with Crippen LogP contribution in [0.25, 0.3) is 0 Å². The van der Waals surface area contributed by atoms with Gasteiger partial charge >= 0.3 is 0 Å². The van der Waals surface area contributed by atoms with Crippen molar-refractivity contribution in [2.24, 2.45) is 5.41 Å². The Hall–Kier alpha value is -1.71. The van der Waals surface area contributed by atoms with E-state index >= 15 is 0 Å². The smallest absolute Gasteiger partial charge is 0.255 e. The zero-order valence-electron chi connectivity index (χ0n) is 10.7. The van der Waals surface area contributed by atoms with Crippen molar-refractivity contribution in [2.75, 3.05) is 0 Å². The lowest BCUT2D eigenvalue weighted by Crippen LogP contribution is -2.41. The highest BCUT2D eigenvalue weighted by Gasteiger charge is 2.35. The van der Waals surface area contributed by atoms with Gasteiger partial charge in [-0.15, -0.1) is 0 Å². The van der Waals surface area contributed by atoms with E-state index in [-0.39, 0.29) is 34.4 Å². The number of phenols is 2. The quantitative estimate of drug-likeness (QED) is 0.705. The zero-order valence-corrected chi connectivity index (χ0v) is 10.7. The Morgan fingerprint density at radius 2 is 2.11 bits per heavy atom. The van der Waals surface area contributed by atoms with E-state index < -0.39 is 0 Å². The van der Waals surface area contributed by atoms with Gasteiger partial charge in [-0.2, -0.15) is 0 Å². The Morgan fingerprint density at radius 1 is 1.39 bits per heavy atom. The standard InChI is InChI=1S/C14H19NO3/c1-14(2)7-3-4-12(14)15-13(18)10-8-9(16)5-6-11(10)17/h5-6,8,12,16-17H,3-4,7H2,1-2H3,(H,15,18). The number of carbonyl (C=O) groups is 1. The molecule has 0 aromatic heterocycles. The van der Waals surface area contributed by atoms with Gasteiger partial charge in [0, 0.05) is 6.04 Å². The third-order valence-corrected chi connectivity index (χ3v) is 3.79. The lowest BCUT2D eigenvalue weighted by molar-refractivity contribution is 0.0907. The SMILES string of the molecule is CC1(C)CCCC1NC(=O)c1cc(O)ccc1O. The van der Waals surface area contributed by atoms with E-state index in [1.807, 2.05) is 0 Å². The molecule has 1 aliphatic rings. The number of phenolic OH excluding ortho intramolecular Hbond substituents is 2. The second-order valence-electron chi connectivity index (χ2n) is 5.61. The van der Waals surface area contributed by atoms with E-state index in [4.69, 9.17) is 0 Å². The molecule has 1 saturated carbocycles. The number of aromatic hydroxyl groups is 2. The van der Waals surface area contributed by atoms with Gasteiger partial charge in [0.25, 0.3) is 5.91 Å². The van der Waals surface area contributed by atoms with Gasteiger partial charge in [-0.05, 0) is 36.5 Å². The van der Waals surface area contributed by atoms with E-state index in [1.54, 1.807) is 0 Å². The molecule has 1 atom stereocenters. The fourth-order valence-electron chi connectivity index (χ4n) is 2.54. The summed E-state index contributed by atoms with van der Waals surface area (Å²) in [5.41, 5.74) is 0.208. The van der Waals surface area contributed by atoms with Crippen LogP contribution in [0.3, 0.4) is 0 Å². The predicted molar refractivity (Wildman–Crippen MR) is 68.7 cm³/mol. The lowest BCUT2D eigenvalue weighted by atomic mass is 9.87. The predicted octanol–water partition coefficient (Wildman–Crippen LogP) is 2.41. The first-order valence-corrected chi connectivity index (χ1v) is 6.23. The molecule has 98 valence electrons. The Kier molecular flexibility index (Phi) is 3.20. The third-order valence-electron chi connectivity index (χ3n) is 3.79. The maximum absolute atomic E-state index is 12.1. The van der Waals surface area contributed by atoms with Crippen molar-refractivity contribution >= 4 is 5.91 Å². The molecule has 1 fully saturated rings. The zero-order chi connectivity index (χ0) is 13.3. The number of amides is 1. The molecule has 0 spiro atoms.